The molecule has 36 heavy (non-hydrogen) atoms. The van der Waals surface area contributed by atoms with Crippen LogP contribution < -0.4 is 25.6 Å². The van der Waals surface area contributed by atoms with E-state index < -0.39 is 6.09 Å². The fourth-order valence-electron chi connectivity index (χ4n) is 6.18. The first-order chi connectivity index (χ1) is 16.2. The Morgan fingerprint density at radius 1 is 1.25 bits per heavy atom. The van der Waals surface area contributed by atoms with Gasteiger partial charge in [0, 0.05) is 47.9 Å². The number of hydrazine groups is 1. The number of halogens is 2. The molecule has 0 saturated carbocycles. The van der Waals surface area contributed by atoms with E-state index in [9.17, 15) is 9.59 Å². The number of likely N-dealkylation sites (N-methyl/N-ethyl adjacent to an activating group) is 1. The summed E-state index contributed by atoms with van der Waals surface area (Å²) >= 11 is 0. The van der Waals surface area contributed by atoms with Gasteiger partial charge in [0.2, 0.25) is 5.91 Å². The number of likely N-dealkylation sites (tertiary alicyclic amines) is 1. The summed E-state index contributed by atoms with van der Waals surface area (Å²) in [6.45, 7) is 7.32. The van der Waals surface area contributed by atoms with Crippen LogP contribution in [0.25, 0.3) is 0 Å². The molecule has 2 amide bonds. The minimum absolute atomic E-state index is 0. The quantitative estimate of drug-likeness (QED) is 0.289. The summed E-state index contributed by atoms with van der Waals surface area (Å²) in [6.07, 6.45) is 8.00. The molecule has 1 aromatic carbocycles. The van der Waals surface area contributed by atoms with Crippen molar-refractivity contribution in [1.82, 2.24) is 21.1 Å². The lowest BCUT2D eigenvalue weighted by atomic mass is 9.54. The molecule has 5 rings (SSSR count). The van der Waals surface area contributed by atoms with Gasteiger partial charge in [-0.3, -0.25) is 10.2 Å². The Morgan fingerprint density at radius 3 is 2.78 bits per heavy atom. The fourth-order valence-corrected chi connectivity index (χ4v) is 6.18. The first-order valence-electron chi connectivity index (χ1n) is 12.4. The number of rotatable bonds is 6. The van der Waals surface area contributed by atoms with Crippen LogP contribution in [0, 0.1) is 5.92 Å². The van der Waals surface area contributed by atoms with Crippen LogP contribution in [0.4, 0.5) is 4.79 Å². The van der Waals surface area contributed by atoms with Gasteiger partial charge in [-0.1, -0.05) is 18.2 Å². The van der Waals surface area contributed by atoms with Crippen molar-refractivity contribution in [3.8, 4) is 11.5 Å². The van der Waals surface area contributed by atoms with Crippen molar-refractivity contribution < 1.29 is 19.1 Å². The summed E-state index contributed by atoms with van der Waals surface area (Å²) in [5.74, 6) is 1.56. The summed E-state index contributed by atoms with van der Waals surface area (Å²) in [7, 11) is 2.23. The van der Waals surface area contributed by atoms with Gasteiger partial charge in [0.15, 0.2) is 11.5 Å². The minimum Gasteiger partial charge on any atom is -0.485 e. The van der Waals surface area contributed by atoms with Crippen molar-refractivity contribution in [3.63, 3.8) is 0 Å². The largest absolute Gasteiger partial charge is 0.485 e. The molecule has 200 valence electrons. The molecule has 3 N–H and O–H groups in total. The third-order valence-corrected chi connectivity index (χ3v) is 7.71. The van der Waals surface area contributed by atoms with E-state index in [2.05, 4.69) is 46.3 Å². The number of nitrogens with zero attached hydrogens (tertiary/aromatic N) is 1. The molecule has 4 atom stereocenters. The van der Waals surface area contributed by atoms with Crippen LogP contribution in [-0.2, 0) is 16.6 Å². The van der Waals surface area contributed by atoms with Crippen LogP contribution in [0.1, 0.15) is 57.6 Å². The highest BCUT2D eigenvalue weighted by Gasteiger charge is 2.62. The lowest BCUT2D eigenvalue weighted by Gasteiger charge is -2.55. The Morgan fingerprint density at radius 2 is 2.03 bits per heavy atom. The van der Waals surface area contributed by atoms with Gasteiger partial charge >= 0.3 is 6.09 Å². The minimum atomic E-state index is -0.521. The van der Waals surface area contributed by atoms with Crippen LogP contribution in [-0.4, -0.2) is 54.7 Å². The van der Waals surface area contributed by atoms with Crippen LogP contribution in [0.2, 0.25) is 0 Å². The summed E-state index contributed by atoms with van der Waals surface area (Å²) in [6, 6.07) is 4.47. The van der Waals surface area contributed by atoms with Gasteiger partial charge in [0.25, 0.3) is 0 Å². The van der Waals surface area contributed by atoms with E-state index in [-0.39, 0.29) is 47.8 Å². The van der Waals surface area contributed by atoms with E-state index in [0.29, 0.717) is 37.1 Å². The van der Waals surface area contributed by atoms with Crippen molar-refractivity contribution in [2.45, 2.75) is 76.0 Å². The summed E-state index contributed by atoms with van der Waals surface area (Å²) in [5, 5.41) is 2.76. The average Bonchev–Trinajstić information content (AvgIpc) is 3.13. The van der Waals surface area contributed by atoms with Crippen LogP contribution in [0.5, 0.6) is 11.5 Å². The number of nitrogens with one attached hydrogen (secondary N) is 3. The highest BCUT2D eigenvalue weighted by molar-refractivity contribution is 5.85. The molecule has 2 aliphatic heterocycles. The summed E-state index contributed by atoms with van der Waals surface area (Å²) in [4.78, 5) is 26.9. The molecule has 2 unspecified atom stereocenters. The van der Waals surface area contributed by atoms with E-state index in [4.69, 9.17) is 9.47 Å². The number of ether oxygens (including phenoxy) is 2. The van der Waals surface area contributed by atoms with Crippen molar-refractivity contribution in [1.29, 1.82) is 0 Å². The van der Waals surface area contributed by atoms with Gasteiger partial charge < -0.3 is 19.7 Å². The number of hydrogen-bond acceptors (Lipinski definition) is 6. The van der Waals surface area contributed by atoms with Gasteiger partial charge in [-0.05, 0) is 65.3 Å². The SMILES string of the molecule is CN1CC[C@]23c4c5ccc(OC(=O)NCCCC(=O)NNC(C)(C)C)c4O[C@H]2CC=CC3C1C5.Cl.Cl. The Bertz CT molecular complexity index is 1030. The Balaban J connectivity index is 0.00000180. The Kier molecular flexibility index (Phi) is 8.55. The first kappa shape index (κ1) is 28.6. The Labute approximate surface area is 225 Å². The molecule has 1 fully saturated rings. The van der Waals surface area contributed by atoms with Crippen LogP contribution in [0.3, 0.4) is 0 Å². The first-order valence-corrected chi connectivity index (χ1v) is 12.4. The maximum atomic E-state index is 12.5. The van der Waals surface area contributed by atoms with Gasteiger partial charge in [-0.2, -0.15) is 0 Å². The molecule has 2 bridgehead atoms. The highest BCUT2D eigenvalue weighted by Crippen LogP contribution is 2.62. The maximum absolute atomic E-state index is 12.5. The molecule has 0 aromatic heterocycles. The second-order valence-electron chi connectivity index (χ2n) is 11.1. The molecule has 10 heteroatoms. The van der Waals surface area contributed by atoms with E-state index in [1.807, 2.05) is 26.8 Å². The lowest BCUT2D eigenvalue weighted by Crippen LogP contribution is -2.62. The normalized spacial score (nSPS) is 27.1. The van der Waals surface area contributed by atoms with Gasteiger partial charge in [-0.25, -0.2) is 10.2 Å². The lowest BCUT2D eigenvalue weighted by molar-refractivity contribution is -0.122. The number of carbonyl (C=O) groups excluding carboxylic acids is 2. The molecular formula is C26H38Cl2N4O4. The van der Waals surface area contributed by atoms with Gasteiger partial charge in [0.05, 0.1) is 0 Å². The van der Waals surface area contributed by atoms with E-state index >= 15 is 0 Å². The molecule has 1 saturated heterocycles. The number of carbonyl (C=O) groups is 2. The number of hydrogen-bond donors (Lipinski definition) is 3. The molecule has 1 aromatic rings. The second-order valence-corrected chi connectivity index (χ2v) is 11.1. The monoisotopic (exact) mass is 540 g/mol. The van der Waals surface area contributed by atoms with E-state index in [1.54, 1.807) is 0 Å². The fraction of sp³-hybridized carbons (Fsp3) is 0.615. The predicted molar refractivity (Wildman–Crippen MR) is 143 cm³/mol. The van der Waals surface area contributed by atoms with E-state index in [0.717, 1.165) is 31.6 Å². The zero-order chi connectivity index (χ0) is 24.1. The molecule has 8 nitrogen and oxygen atoms in total. The topological polar surface area (TPSA) is 91.9 Å². The van der Waals surface area contributed by atoms with Gasteiger partial charge in [-0.15, -0.1) is 24.8 Å². The number of benzene rings is 1. The van der Waals surface area contributed by atoms with Crippen LogP contribution in [0.15, 0.2) is 24.3 Å². The smallest absolute Gasteiger partial charge is 0.412 e. The predicted octanol–water partition coefficient (Wildman–Crippen LogP) is 3.65. The number of amides is 2. The average molecular weight is 542 g/mol. The van der Waals surface area contributed by atoms with Crippen molar-refractivity contribution in [3.05, 3.63) is 35.4 Å². The highest BCUT2D eigenvalue weighted by atomic mass is 35.5. The van der Waals surface area contributed by atoms with E-state index in [1.165, 1.54) is 11.1 Å². The van der Waals surface area contributed by atoms with Crippen molar-refractivity contribution in [2.75, 3.05) is 20.1 Å². The van der Waals surface area contributed by atoms with Crippen molar-refractivity contribution in [2.24, 2.45) is 5.92 Å². The molecule has 2 aliphatic carbocycles. The van der Waals surface area contributed by atoms with Gasteiger partial charge in [0.1, 0.15) is 6.10 Å². The third-order valence-electron chi connectivity index (χ3n) is 7.71. The summed E-state index contributed by atoms with van der Waals surface area (Å²) < 4.78 is 12.2. The zero-order valence-electron chi connectivity index (χ0n) is 21.4. The van der Waals surface area contributed by atoms with Crippen molar-refractivity contribution >= 4 is 36.8 Å². The maximum Gasteiger partial charge on any atom is 0.412 e. The molecular weight excluding hydrogens is 503 g/mol. The van der Waals surface area contributed by atoms with Crippen LogP contribution >= 0.6 is 24.8 Å². The number of piperidine rings is 1. The molecule has 2 heterocycles. The standard InChI is InChI=1S/C26H36N4O4.2ClH/c1-25(2,3)29-28-21(31)9-6-13-27-24(32)33-19-11-10-16-15-18-17-7-5-8-20-26(17,12-14-30(18)4)22(16)23(19)34-20;;/h5,7,10-11,17-18,20,29H,6,8-9,12-15H2,1-4H3,(H,27,32)(H,28,31);2*1H/t17?,18?,20-,26+;;/m0../s1. The second kappa shape index (κ2) is 10.8. The molecule has 4 aliphatic rings. The zero-order valence-corrected chi connectivity index (χ0v) is 23.0. The third kappa shape index (κ3) is 5.05. The molecule has 0 radical (unpaired) electrons. The summed E-state index contributed by atoms with van der Waals surface area (Å²) in [5.41, 5.74) is 8.00. The molecule has 1 spiro atoms. The Hall–Kier alpha value is -2.00.